The van der Waals surface area contributed by atoms with Gasteiger partial charge in [-0.1, -0.05) is 25.6 Å². The molecular formula is C9H19O4PSi. The summed E-state index contributed by atoms with van der Waals surface area (Å²) in [7, 11) is -2.73. The van der Waals surface area contributed by atoms with Crippen molar-refractivity contribution in [1.29, 1.82) is 0 Å². The molecule has 0 aromatic heterocycles. The van der Waals surface area contributed by atoms with Crippen LogP contribution in [0, 0.1) is 11.5 Å². The van der Waals surface area contributed by atoms with Crippen LogP contribution in [0.15, 0.2) is 0 Å². The molecule has 4 nitrogen and oxygen atoms in total. The maximum absolute atomic E-state index is 11.9. The molecule has 0 aromatic rings. The van der Waals surface area contributed by atoms with Crippen molar-refractivity contribution in [2.45, 2.75) is 31.9 Å². The lowest BCUT2D eigenvalue weighted by Gasteiger charge is -2.25. The van der Waals surface area contributed by atoms with E-state index < -0.39 is 21.0 Å². The molecule has 0 fully saturated rings. The van der Waals surface area contributed by atoms with E-state index >= 15 is 0 Å². The highest BCUT2D eigenvalue weighted by Gasteiger charge is 2.43. The molecule has 0 unspecified atom stereocenters. The van der Waals surface area contributed by atoms with E-state index in [1.54, 1.807) is 0 Å². The van der Waals surface area contributed by atoms with Crippen molar-refractivity contribution in [2.24, 2.45) is 0 Å². The van der Waals surface area contributed by atoms with Crippen molar-refractivity contribution in [1.82, 2.24) is 0 Å². The van der Waals surface area contributed by atoms with Crippen LogP contribution in [0.25, 0.3) is 0 Å². The van der Waals surface area contributed by atoms with Crippen molar-refractivity contribution in [3.05, 3.63) is 0 Å². The van der Waals surface area contributed by atoms with Crippen molar-refractivity contribution in [2.75, 3.05) is 14.2 Å². The first-order valence-corrected chi connectivity index (χ1v) is 9.60. The van der Waals surface area contributed by atoms with Crippen LogP contribution < -0.4 is 0 Å². The van der Waals surface area contributed by atoms with Crippen molar-refractivity contribution < 1.29 is 18.7 Å². The lowest BCUT2D eigenvalue weighted by atomic mass is 10.4. The molecule has 88 valence electrons. The SMILES string of the molecule is COP(=O)(OC)[C@@](C)(O)C#C[Si](C)(C)C. The van der Waals surface area contributed by atoms with Crippen LogP contribution in [0.2, 0.25) is 19.6 Å². The molecule has 15 heavy (non-hydrogen) atoms. The molecule has 0 bridgehead atoms. The second-order valence-electron chi connectivity index (χ2n) is 4.38. The van der Waals surface area contributed by atoms with E-state index in [4.69, 9.17) is 9.05 Å². The molecule has 0 aliphatic carbocycles. The molecule has 1 N–H and O–H groups in total. The van der Waals surface area contributed by atoms with Gasteiger partial charge in [0.1, 0.15) is 8.07 Å². The predicted molar refractivity (Wildman–Crippen MR) is 63.4 cm³/mol. The fourth-order valence-electron chi connectivity index (χ4n) is 0.804. The zero-order chi connectivity index (χ0) is 12.3. The summed E-state index contributed by atoms with van der Waals surface area (Å²) in [5.41, 5.74) is 2.94. The Labute approximate surface area is 92.5 Å². The molecule has 0 heterocycles. The van der Waals surface area contributed by atoms with Gasteiger partial charge in [-0.25, -0.2) is 0 Å². The molecule has 6 heteroatoms. The lowest BCUT2D eigenvalue weighted by molar-refractivity contribution is 0.140. The van der Waals surface area contributed by atoms with Crippen LogP contribution in [0.5, 0.6) is 0 Å². The van der Waals surface area contributed by atoms with Gasteiger partial charge >= 0.3 is 7.60 Å². The molecule has 0 amide bonds. The van der Waals surface area contributed by atoms with Crippen molar-refractivity contribution >= 4 is 15.7 Å². The van der Waals surface area contributed by atoms with E-state index in [2.05, 4.69) is 11.5 Å². The summed E-state index contributed by atoms with van der Waals surface area (Å²) in [5.74, 6) is 2.60. The Kier molecular flexibility index (Phi) is 4.78. The van der Waals surface area contributed by atoms with E-state index in [1.165, 1.54) is 21.1 Å². The highest BCUT2D eigenvalue weighted by molar-refractivity contribution is 7.55. The Morgan fingerprint density at radius 3 is 1.93 bits per heavy atom. The Morgan fingerprint density at radius 1 is 1.27 bits per heavy atom. The first kappa shape index (κ1) is 14.9. The number of hydrogen-bond donors (Lipinski definition) is 1. The molecule has 0 aromatic carbocycles. The normalized spacial score (nSPS) is 16.5. The zero-order valence-electron chi connectivity index (χ0n) is 10.1. The van der Waals surface area contributed by atoms with Crippen molar-refractivity contribution in [3.63, 3.8) is 0 Å². The van der Waals surface area contributed by atoms with Gasteiger partial charge in [0.25, 0.3) is 0 Å². The van der Waals surface area contributed by atoms with Gasteiger partial charge in [0, 0.05) is 14.2 Å². The highest BCUT2D eigenvalue weighted by atomic mass is 31.2. The third-order valence-corrected chi connectivity index (χ3v) is 4.70. The van der Waals surface area contributed by atoms with Crippen LogP contribution in [0.3, 0.4) is 0 Å². The van der Waals surface area contributed by atoms with Crippen molar-refractivity contribution in [3.8, 4) is 11.5 Å². The first-order chi connectivity index (χ1) is 6.58. The minimum absolute atomic E-state index is 1.23. The van der Waals surface area contributed by atoms with E-state index in [0.717, 1.165) is 0 Å². The third-order valence-electron chi connectivity index (χ3n) is 1.69. The molecule has 1 atom stereocenters. The minimum Gasteiger partial charge on any atom is -0.368 e. The van der Waals surface area contributed by atoms with E-state index in [-0.39, 0.29) is 0 Å². The molecule has 0 spiro atoms. The molecular weight excluding hydrogens is 231 g/mol. The average molecular weight is 250 g/mol. The fraction of sp³-hybridized carbons (Fsp3) is 0.778. The zero-order valence-corrected chi connectivity index (χ0v) is 12.0. The molecule has 0 aliphatic heterocycles. The summed E-state index contributed by atoms with van der Waals surface area (Å²) in [6.45, 7) is 7.43. The monoisotopic (exact) mass is 250 g/mol. The Balaban J connectivity index is 5.13. The van der Waals surface area contributed by atoms with Gasteiger partial charge in [-0.15, -0.1) is 5.54 Å². The second kappa shape index (κ2) is 4.81. The van der Waals surface area contributed by atoms with Crippen LogP contribution in [-0.4, -0.2) is 32.7 Å². The van der Waals surface area contributed by atoms with Gasteiger partial charge in [0.2, 0.25) is 5.34 Å². The van der Waals surface area contributed by atoms with E-state index in [1.807, 2.05) is 19.6 Å². The lowest BCUT2D eigenvalue weighted by Crippen LogP contribution is -2.26. The third kappa shape index (κ3) is 4.10. The largest absolute Gasteiger partial charge is 0.373 e. The molecule has 0 saturated heterocycles. The molecule has 0 radical (unpaired) electrons. The Morgan fingerprint density at radius 2 is 1.67 bits per heavy atom. The maximum Gasteiger partial charge on any atom is 0.373 e. The summed E-state index contributed by atoms with van der Waals surface area (Å²) in [6.07, 6.45) is 0. The first-order valence-electron chi connectivity index (χ1n) is 4.56. The van der Waals surface area contributed by atoms with E-state index in [9.17, 15) is 9.67 Å². The summed E-state index contributed by atoms with van der Waals surface area (Å²) >= 11 is 0. The standard InChI is InChI=1S/C9H19O4PSi/c1-9(10,7-8-15(4,5)6)14(11,12-2)13-3/h10H,1-6H3/t9-/m1/s1. The number of rotatable bonds is 3. The van der Waals surface area contributed by atoms with Gasteiger partial charge < -0.3 is 14.2 Å². The van der Waals surface area contributed by atoms with Gasteiger partial charge in [-0.3, -0.25) is 4.57 Å². The highest BCUT2D eigenvalue weighted by Crippen LogP contribution is 2.57. The summed E-state index contributed by atoms with van der Waals surface area (Å²) < 4.78 is 21.3. The maximum atomic E-state index is 11.9. The smallest absolute Gasteiger partial charge is 0.368 e. The van der Waals surface area contributed by atoms with Gasteiger partial charge in [-0.05, 0) is 6.92 Å². The Bertz CT molecular complexity index is 313. The van der Waals surface area contributed by atoms with Gasteiger partial charge in [0.15, 0.2) is 0 Å². The quantitative estimate of drug-likeness (QED) is 0.473. The molecule has 0 rings (SSSR count). The number of hydrogen-bond acceptors (Lipinski definition) is 4. The topological polar surface area (TPSA) is 55.8 Å². The van der Waals surface area contributed by atoms with Crippen LogP contribution >= 0.6 is 7.60 Å². The molecule has 0 saturated carbocycles. The predicted octanol–water partition coefficient (Wildman–Crippen LogP) is 2.06. The van der Waals surface area contributed by atoms with Crippen LogP contribution in [-0.2, 0) is 13.6 Å². The van der Waals surface area contributed by atoms with Gasteiger partial charge in [0.05, 0.1) is 0 Å². The minimum atomic E-state index is -3.57. The van der Waals surface area contributed by atoms with Crippen LogP contribution in [0.1, 0.15) is 6.92 Å². The number of aliphatic hydroxyl groups is 1. The summed E-state index contributed by atoms with van der Waals surface area (Å²) in [5, 5.41) is 8.18. The van der Waals surface area contributed by atoms with E-state index in [0.29, 0.717) is 0 Å². The summed E-state index contributed by atoms with van der Waals surface area (Å²) in [6, 6.07) is 0. The Hall–Kier alpha value is -0.113. The van der Waals surface area contributed by atoms with Gasteiger partial charge in [-0.2, -0.15) is 0 Å². The van der Waals surface area contributed by atoms with Crippen LogP contribution in [0.4, 0.5) is 0 Å². The summed E-state index contributed by atoms with van der Waals surface area (Å²) in [4.78, 5) is 0. The second-order valence-corrected chi connectivity index (χ2v) is 11.7. The fourth-order valence-corrected chi connectivity index (χ4v) is 2.58. The average Bonchev–Trinajstić information content (AvgIpc) is 2.12. The molecule has 0 aliphatic rings.